The van der Waals surface area contributed by atoms with E-state index in [1.165, 1.54) is 0 Å². The van der Waals surface area contributed by atoms with E-state index in [1.54, 1.807) is 0 Å². The fraction of sp³-hybridized carbons (Fsp3) is 0.833. The van der Waals surface area contributed by atoms with Crippen molar-refractivity contribution >= 4 is 11.8 Å². The highest BCUT2D eigenvalue weighted by atomic mass is 16.2. The van der Waals surface area contributed by atoms with E-state index in [2.05, 4.69) is 10.6 Å². The molecule has 0 saturated heterocycles. The van der Waals surface area contributed by atoms with Gasteiger partial charge in [0.05, 0.1) is 12.0 Å². The van der Waals surface area contributed by atoms with Gasteiger partial charge in [-0.3, -0.25) is 9.59 Å². The minimum absolute atomic E-state index is 0.0489. The van der Waals surface area contributed by atoms with Gasteiger partial charge in [0.15, 0.2) is 0 Å². The molecule has 4 N–H and O–H groups in total. The molecule has 0 heterocycles. The molecule has 0 aromatic heterocycles. The Labute approximate surface area is 103 Å². The molecule has 17 heavy (non-hydrogen) atoms. The average Bonchev–Trinajstić information content (AvgIpc) is 2.22. The lowest BCUT2D eigenvalue weighted by Gasteiger charge is -2.38. The van der Waals surface area contributed by atoms with Crippen LogP contribution < -0.4 is 16.4 Å². The normalized spacial score (nSPS) is 17.4. The summed E-state index contributed by atoms with van der Waals surface area (Å²) in [6.07, 6.45) is 2.72. The van der Waals surface area contributed by atoms with Gasteiger partial charge in [0.1, 0.15) is 0 Å². The zero-order chi connectivity index (χ0) is 12.9. The lowest BCUT2D eigenvalue weighted by atomic mass is 9.68. The van der Waals surface area contributed by atoms with Crippen LogP contribution in [0.4, 0.5) is 0 Å². The summed E-state index contributed by atoms with van der Waals surface area (Å²) in [7, 11) is 0. The first-order chi connectivity index (χ1) is 8.00. The molecule has 1 rings (SSSR count). The van der Waals surface area contributed by atoms with Crippen molar-refractivity contribution in [2.24, 2.45) is 17.1 Å². The first-order valence-electron chi connectivity index (χ1n) is 6.25. The van der Waals surface area contributed by atoms with Crippen LogP contribution in [0.3, 0.4) is 0 Å². The number of hydrogen-bond acceptors (Lipinski definition) is 3. The maximum Gasteiger partial charge on any atom is 0.239 e. The van der Waals surface area contributed by atoms with Crippen LogP contribution in [0.1, 0.15) is 33.1 Å². The van der Waals surface area contributed by atoms with Gasteiger partial charge in [0.2, 0.25) is 11.8 Å². The standard InChI is InChI=1S/C12H23N3O2/c1-9(2)6-14-10(16)7-15-11(17)12(8-13)4-3-5-12/h9H,3-8,13H2,1-2H3,(H,14,16)(H,15,17). The molecule has 0 aliphatic heterocycles. The molecule has 1 fully saturated rings. The molecule has 0 aromatic carbocycles. The van der Waals surface area contributed by atoms with Gasteiger partial charge in [-0.15, -0.1) is 0 Å². The Hall–Kier alpha value is -1.10. The molecule has 1 saturated carbocycles. The first kappa shape index (κ1) is 14.0. The Bertz CT molecular complexity index is 280. The van der Waals surface area contributed by atoms with Gasteiger partial charge in [0, 0.05) is 13.1 Å². The van der Waals surface area contributed by atoms with Gasteiger partial charge in [-0.25, -0.2) is 0 Å². The van der Waals surface area contributed by atoms with Gasteiger partial charge >= 0.3 is 0 Å². The molecular weight excluding hydrogens is 218 g/mol. The minimum atomic E-state index is -0.404. The van der Waals surface area contributed by atoms with E-state index in [0.29, 0.717) is 19.0 Å². The molecule has 5 nitrogen and oxygen atoms in total. The molecule has 5 heteroatoms. The third kappa shape index (κ3) is 3.70. The molecule has 0 aromatic rings. The smallest absolute Gasteiger partial charge is 0.239 e. The molecule has 0 atom stereocenters. The van der Waals surface area contributed by atoms with E-state index >= 15 is 0 Å². The van der Waals surface area contributed by atoms with E-state index in [9.17, 15) is 9.59 Å². The minimum Gasteiger partial charge on any atom is -0.354 e. The molecule has 98 valence electrons. The van der Waals surface area contributed by atoms with Crippen LogP contribution in [0.15, 0.2) is 0 Å². The van der Waals surface area contributed by atoms with Crippen LogP contribution in [0, 0.1) is 11.3 Å². The summed E-state index contributed by atoms with van der Waals surface area (Å²) >= 11 is 0. The Kier molecular flexibility index (Phi) is 4.93. The summed E-state index contributed by atoms with van der Waals surface area (Å²) in [6.45, 7) is 5.10. The summed E-state index contributed by atoms with van der Waals surface area (Å²) in [5.41, 5.74) is 5.21. The molecule has 2 amide bonds. The lowest BCUT2D eigenvalue weighted by molar-refractivity contribution is -0.136. The number of nitrogens with two attached hydrogens (primary N) is 1. The number of carbonyl (C=O) groups excluding carboxylic acids is 2. The number of nitrogens with one attached hydrogen (secondary N) is 2. The van der Waals surface area contributed by atoms with E-state index < -0.39 is 5.41 Å². The molecule has 0 radical (unpaired) electrons. The second-order valence-electron chi connectivity index (χ2n) is 5.22. The Morgan fingerprint density at radius 2 is 1.94 bits per heavy atom. The van der Waals surface area contributed by atoms with Crippen molar-refractivity contribution in [2.75, 3.05) is 19.6 Å². The third-order valence-corrected chi connectivity index (χ3v) is 3.30. The summed E-state index contributed by atoms with van der Waals surface area (Å²) in [4.78, 5) is 23.3. The van der Waals surface area contributed by atoms with Crippen molar-refractivity contribution in [1.29, 1.82) is 0 Å². The Balaban J connectivity index is 2.26. The molecule has 0 bridgehead atoms. The van der Waals surface area contributed by atoms with Gasteiger partial charge in [-0.2, -0.15) is 0 Å². The predicted octanol–water partition coefficient (Wildman–Crippen LogP) is 0.00380. The van der Waals surface area contributed by atoms with Gasteiger partial charge in [-0.05, 0) is 18.8 Å². The summed E-state index contributed by atoms with van der Waals surface area (Å²) in [6, 6.07) is 0. The van der Waals surface area contributed by atoms with Crippen LogP contribution >= 0.6 is 0 Å². The highest BCUT2D eigenvalue weighted by Crippen LogP contribution is 2.39. The fourth-order valence-electron chi connectivity index (χ4n) is 1.86. The number of rotatable bonds is 6. The van der Waals surface area contributed by atoms with Gasteiger partial charge < -0.3 is 16.4 Å². The van der Waals surface area contributed by atoms with Crippen molar-refractivity contribution in [1.82, 2.24) is 10.6 Å². The Morgan fingerprint density at radius 1 is 1.29 bits per heavy atom. The van der Waals surface area contributed by atoms with Crippen molar-refractivity contribution in [3.05, 3.63) is 0 Å². The zero-order valence-corrected chi connectivity index (χ0v) is 10.7. The van der Waals surface area contributed by atoms with Crippen molar-refractivity contribution in [3.8, 4) is 0 Å². The second kappa shape index (κ2) is 6.00. The quantitative estimate of drug-likeness (QED) is 0.612. The lowest BCUT2D eigenvalue weighted by Crippen LogP contribution is -2.52. The van der Waals surface area contributed by atoms with Gasteiger partial charge in [0.25, 0.3) is 0 Å². The number of carbonyl (C=O) groups is 2. The van der Waals surface area contributed by atoms with Crippen molar-refractivity contribution in [3.63, 3.8) is 0 Å². The second-order valence-corrected chi connectivity index (χ2v) is 5.22. The topological polar surface area (TPSA) is 84.2 Å². The maximum absolute atomic E-state index is 11.8. The summed E-state index contributed by atoms with van der Waals surface area (Å²) < 4.78 is 0. The van der Waals surface area contributed by atoms with Gasteiger partial charge in [-0.1, -0.05) is 20.3 Å². The SMILES string of the molecule is CC(C)CNC(=O)CNC(=O)C1(CN)CCC1. The Morgan fingerprint density at radius 3 is 2.35 bits per heavy atom. The monoisotopic (exact) mass is 241 g/mol. The van der Waals surface area contributed by atoms with Crippen LogP contribution in [0.2, 0.25) is 0 Å². The third-order valence-electron chi connectivity index (χ3n) is 3.30. The van der Waals surface area contributed by atoms with Crippen LogP contribution in [-0.2, 0) is 9.59 Å². The van der Waals surface area contributed by atoms with Crippen LogP contribution in [-0.4, -0.2) is 31.4 Å². The molecule has 1 aliphatic carbocycles. The highest BCUT2D eigenvalue weighted by Gasteiger charge is 2.42. The van der Waals surface area contributed by atoms with Crippen molar-refractivity contribution in [2.45, 2.75) is 33.1 Å². The summed E-state index contributed by atoms with van der Waals surface area (Å²) in [5, 5.41) is 5.43. The average molecular weight is 241 g/mol. The van der Waals surface area contributed by atoms with Crippen LogP contribution in [0.25, 0.3) is 0 Å². The molecule has 0 unspecified atom stereocenters. The molecule has 1 aliphatic rings. The highest BCUT2D eigenvalue weighted by molar-refractivity contribution is 5.88. The van der Waals surface area contributed by atoms with E-state index in [-0.39, 0.29) is 18.4 Å². The van der Waals surface area contributed by atoms with E-state index in [0.717, 1.165) is 19.3 Å². The largest absolute Gasteiger partial charge is 0.354 e. The first-order valence-corrected chi connectivity index (χ1v) is 6.25. The predicted molar refractivity (Wildman–Crippen MR) is 66.2 cm³/mol. The fourth-order valence-corrected chi connectivity index (χ4v) is 1.86. The maximum atomic E-state index is 11.8. The van der Waals surface area contributed by atoms with Crippen LogP contribution in [0.5, 0.6) is 0 Å². The molecular formula is C12H23N3O2. The van der Waals surface area contributed by atoms with E-state index in [1.807, 2.05) is 13.8 Å². The zero-order valence-electron chi connectivity index (χ0n) is 10.7. The van der Waals surface area contributed by atoms with Crippen molar-refractivity contribution < 1.29 is 9.59 Å². The molecule has 0 spiro atoms. The summed E-state index contributed by atoms with van der Waals surface area (Å²) in [5.74, 6) is 0.196. The number of hydrogen-bond donors (Lipinski definition) is 3. The van der Waals surface area contributed by atoms with E-state index in [4.69, 9.17) is 5.73 Å². The number of amides is 2.